The molecule has 1 saturated heterocycles. The Bertz CT molecular complexity index is 585. The zero-order valence-corrected chi connectivity index (χ0v) is 17.7. The number of rotatable bonds is 5. The summed E-state index contributed by atoms with van der Waals surface area (Å²) in [4.78, 5) is 6.11. The molecule has 1 aliphatic heterocycles. The number of nitrogens with one attached hydrogen (secondary N) is 1. The van der Waals surface area contributed by atoms with Gasteiger partial charge in [0, 0.05) is 59.2 Å². The maximum Gasteiger partial charge on any atom is 0.435 e. The Hall–Kier alpha value is -1.04. The van der Waals surface area contributed by atoms with Crippen LogP contribution in [-0.2, 0) is 24.5 Å². The van der Waals surface area contributed by atoms with E-state index in [4.69, 9.17) is 4.74 Å². The van der Waals surface area contributed by atoms with E-state index in [1.165, 1.54) is 17.9 Å². The molecule has 0 amide bonds. The number of aryl methyl sites for hydroxylation is 1. The number of alkyl halides is 3. The number of guanidine groups is 1. The van der Waals surface area contributed by atoms with Crippen molar-refractivity contribution in [2.45, 2.75) is 32.0 Å². The smallest absolute Gasteiger partial charge is 0.381 e. The standard InChI is InChI=1S/C16H26F3N5O.HI/c1-20-15(23(2)7-4-12-5-8-25-9-6-12)21-10-13-11-24(3)22-14(13)16(17,18)19;/h11-12H,4-10H2,1-3H3,(H,20,21);1H. The summed E-state index contributed by atoms with van der Waals surface area (Å²) in [6, 6.07) is 0. The Kier molecular flexibility index (Phi) is 9.14. The lowest BCUT2D eigenvalue weighted by atomic mass is 9.96. The largest absolute Gasteiger partial charge is 0.435 e. The zero-order chi connectivity index (χ0) is 18.4. The predicted molar refractivity (Wildman–Crippen MR) is 105 cm³/mol. The van der Waals surface area contributed by atoms with Gasteiger partial charge in [0.2, 0.25) is 0 Å². The molecule has 150 valence electrons. The molecule has 2 heterocycles. The summed E-state index contributed by atoms with van der Waals surface area (Å²) in [7, 11) is 5.00. The Labute approximate surface area is 169 Å². The zero-order valence-electron chi connectivity index (χ0n) is 15.3. The van der Waals surface area contributed by atoms with Crippen molar-refractivity contribution in [2.75, 3.05) is 33.9 Å². The molecule has 6 nitrogen and oxygen atoms in total. The van der Waals surface area contributed by atoms with Crippen LogP contribution in [0.2, 0.25) is 0 Å². The first kappa shape index (κ1) is 23.0. The van der Waals surface area contributed by atoms with E-state index in [0.29, 0.717) is 11.9 Å². The van der Waals surface area contributed by atoms with Gasteiger partial charge in [-0.05, 0) is 25.2 Å². The number of hydrogen-bond donors (Lipinski definition) is 1. The van der Waals surface area contributed by atoms with Crippen LogP contribution < -0.4 is 5.32 Å². The molecule has 1 aromatic rings. The van der Waals surface area contributed by atoms with E-state index in [9.17, 15) is 13.2 Å². The Morgan fingerprint density at radius 1 is 1.42 bits per heavy atom. The highest BCUT2D eigenvalue weighted by Crippen LogP contribution is 2.30. The van der Waals surface area contributed by atoms with E-state index in [1.807, 2.05) is 11.9 Å². The van der Waals surface area contributed by atoms with Crippen molar-refractivity contribution in [2.24, 2.45) is 18.0 Å². The molecule has 10 heteroatoms. The molecular formula is C16H27F3IN5O. The minimum absolute atomic E-state index is 0. The van der Waals surface area contributed by atoms with Gasteiger partial charge >= 0.3 is 6.18 Å². The Morgan fingerprint density at radius 3 is 2.65 bits per heavy atom. The summed E-state index contributed by atoms with van der Waals surface area (Å²) in [5.74, 6) is 1.20. The molecule has 0 unspecified atom stereocenters. The topological polar surface area (TPSA) is 54.7 Å². The molecule has 1 N–H and O–H groups in total. The molecular weight excluding hydrogens is 462 g/mol. The summed E-state index contributed by atoms with van der Waals surface area (Å²) in [5.41, 5.74) is -0.753. The minimum atomic E-state index is -4.46. The first-order valence-corrected chi connectivity index (χ1v) is 8.40. The van der Waals surface area contributed by atoms with Crippen LogP contribution in [0.5, 0.6) is 0 Å². The van der Waals surface area contributed by atoms with Crippen molar-refractivity contribution >= 4 is 29.9 Å². The molecule has 1 fully saturated rings. The molecule has 0 bridgehead atoms. The van der Waals surface area contributed by atoms with Crippen molar-refractivity contribution in [3.05, 3.63) is 17.5 Å². The Balaban J connectivity index is 0.00000338. The van der Waals surface area contributed by atoms with E-state index >= 15 is 0 Å². The third-order valence-electron chi connectivity index (χ3n) is 4.40. The maximum atomic E-state index is 13.0. The van der Waals surface area contributed by atoms with Crippen molar-refractivity contribution in [1.82, 2.24) is 20.0 Å². The molecule has 0 spiro atoms. The van der Waals surface area contributed by atoms with Gasteiger partial charge in [-0.15, -0.1) is 24.0 Å². The second kappa shape index (κ2) is 10.3. The number of hydrogen-bond acceptors (Lipinski definition) is 3. The summed E-state index contributed by atoms with van der Waals surface area (Å²) in [5, 5.41) is 6.51. The summed E-state index contributed by atoms with van der Waals surface area (Å²) < 4.78 is 45.5. The normalized spacial score (nSPS) is 16.3. The van der Waals surface area contributed by atoms with Crippen LogP contribution in [0.25, 0.3) is 0 Å². The lowest BCUT2D eigenvalue weighted by molar-refractivity contribution is -0.142. The van der Waals surface area contributed by atoms with Crippen LogP contribution in [0, 0.1) is 5.92 Å². The maximum absolute atomic E-state index is 13.0. The van der Waals surface area contributed by atoms with E-state index < -0.39 is 11.9 Å². The highest BCUT2D eigenvalue weighted by atomic mass is 127. The highest BCUT2D eigenvalue weighted by Gasteiger charge is 2.36. The molecule has 2 rings (SSSR count). The lowest BCUT2D eigenvalue weighted by Gasteiger charge is -2.26. The van der Waals surface area contributed by atoms with Crippen LogP contribution in [-0.4, -0.2) is 54.5 Å². The van der Waals surface area contributed by atoms with Crippen LogP contribution in [0.15, 0.2) is 11.2 Å². The molecule has 0 atom stereocenters. The summed E-state index contributed by atoms with van der Waals surface area (Å²) in [6.07, 6.45) is 0.0537. The number of nitrogens with zero attached hydrogens (tertiary/aromatic N) is 4. The summed E-state index contributed by atoms with van der Waals surface area (Å²) in [6.45, 7) is 2.44. The van der Waals surface area contributed by atoms with Crippen molar-refractivity contribution in [1.29, 1.82) is 0 Å². The number of aliphatic imine (C=N–C) groups is 1. The Morgan fingerprint density at radius 2 is 2.08 bits per heavy atom. The van der Waals surface area contributed by atoms with Gasteiger partial charge in [-0.25, -0.2) is 0 Å². The third-order valence-corrected chi connectivity index (χ3v) is 4.40. The molecule has 1 aliphatic rings. The molecule has 0 aromatic carbocycles. The van der Waals surface area contributed by atoms with Gasteiger partial charge in [-0.2, -0.15) is 18.3 Å². The highest BCUT2D eigenvalue weighted by molar-refractivity contribution is 14.0. The van der Waals surface area contributed by atoms with E-state index in [1.54, 1.807) is 7.05 Å². The fourth-order valence-electron chi connectivity index (χ4n) is 2.98. The van der Waals surface area contributed by atoms with Crippen molar-refractivity contribution in [3.8, 4) is 0 Å². The van der Waals surface area contributed by atoms with Crippen LogP contribution >= 0.6 is 24.0 Å². The molecule has 0 aliphatic carbocycles. The van der Waals surface area contributed by atoms with Gasteiger partial charge in [0.05, 0.1) is 0 Å². The monoisotopic (exact) mass is 489 g/mol. The predicted octanol–water partition coefficient (Wildman–Crippen LogP) is 2.88. The van der Waals surface area contributed by atoms with Gasteiger partial charge < -0.3 is 15.0 Å². The van der Waals surface area contributed by atoms with Gasteiger partial charge in [0.1, 0.15) is 0 Å². The van der Waals surface area contributed by atoms with Gasteiger partial charge in [0.25, 0.3) is 0 Å². The quantitative estimate of drug-likeness (QED) is 0.393. The van der Waals surface area contributed by atoms with Crippen LogP contribution in [0.3, 0.4) is 0 Å². The second-order valence-corrected chi connectivity index (χ2v) is 6.34. The van der Waals surface area contributed by atoms with Gasteiger partial charge in [-0.1, -0.05) is 0 Å². The summed E-state index contributed by atoms with van der Waals surface area (Å²) >= 11 is 0. The molecule has 26 heavy (non-hydrogen) atoms. The molecule has 1 aromatic heterocycles. The van der Waals surface area contributed by atoms with E-state index in [2.05, 4.69) is 15.4 Å². The van der Waals surface area contributed by atoms with Gasteiger partial charge in [-0.3, -0.25) is 9.67 Å². The van der Waals surface area contributed by atoms with E-state index in [0.717, 1.165) is 39.0 Å². The average molecular weight is 489 g/mol. The van der Waals surface area contributed by atoms with Crippen molar-refractivity contribution < 1.29 is 17.9 Å². The average Bonchev–Trinajstić information content (AvgIpc) is 2.95. The van der Waals surface area contributed by atoms with Crippen molar-refractivity contribution in [3.63, 3.8) is 0 Å². The molecule has 0 saturated carbocycles. The number of halogens is 4. The number of aromatic nitrogens is 2. The van der Waals surface area contributed by atoms with E-state index in [-0.39, 0.29) is 36.1 Å². The SMILES string of the molecule is CN=C(NCc1cn(C)nc1C(F)(F)F)N(C)CCC1CCOCC1.I. The first-order valence-electron chi connectivity index (χ1n) is 8.40. The van der Waals surface area contributed by atoms with Crippen LogP contribution in [0.4, 0.5) is 13.2 Å². The fourth-order valence-corrected chi connectivity index (χ4v) is 2.98. The fraction of sp³-hybridized carbons (Fsp3) is 0.750. The van der Waals surface area contributed by atoms with Crippen LogP contribution in [0.1, 0.15) is 30.5 Å². The molecule has 0 radical (unpaired) electrons. The third kappa shape index (κ3) is 6.60. The lowest BCUT2D eigenvalue weighted by Crippen LogP contribution is -2.39. The minimum Gasteiger partial charge on any atom is -0.381 e. The first-order chi connectivity index (χ1) is 11.8. The second-order valence-electron chi connectivity index (χ2n) is 6.34. The number of ether oxygens (including phenoxy) is 1. The van der Waals surface area contributed by atoms with Gasteiger partial charge in [0.15, 0.2) is 11.7 Å².